The lowest BCUT2D eigenvalue weighted by molar-refractivity contribution is -0.168. The Balaban J connectivity index is 3.62. The summed E-state index contributed by atoms with van der Waals surface area (Å²) in [5.41, 5.74) is 0. The third kappa shape index (κ3) is 31.2. The van der Waals surface area contributed by atoms with Crippen LogP contribution in [0.4, 0.5) is 0 Å². The van der Waals surface area contributed by atoms with Gasteiger partial charge in [0, 0.05) is 0 Å². The average Bonchev–Trinajstić information content (AvgIpc) is 3.03. The highest BCUT2D eigenvalue weighted by Gasteiger charge is 2.21. The second-order valence-corrected chi connectivity index (χ2v) is 13.7. The van der Waals surface area contributed by atoms with E-state index in [9.17, 15) is 19.8 Å². The van der Waals surface area contributed by atoms with Gasteiger partial charge in [-0.1, -0.05) is 194 Å². The Morgan fingerprint density at radius 2 is 0.711 bits per heavy atom. The molecule has 0 aromatic heterocycles. The maximum Gasteiger partial charge on any atom is 0.335 e. The summed E-state index contributed by atoms with van der Waals surface area (Å²) in [5, 5.41) is 20.3. The minimum atomic E-state index is -1.15. The van der Waals surface area contributed by atoms with Crippen molar-refractivity contribution in [3.63, 3.8) is 0 Å². The molecule has 0 aromatic rings. The van der Waals surface area contributed by atoms with Crippen molar-refractivity contribution in [2.24, 2.45) is 0 Å². The molecule has 0 saturated carbocycles. The SMILES string of the molecule is CCCCCCCCCCCCCCCCC(O)C(=O)OCC(C)OC(=O)C(O)CCCCCCCCCCCCCCCC. The van der Waals surface area contributed by atoms with Gasteiger partial charge in [0.15, 0.2) is 12.2 Å². The molecule has 0 rings (SSSR count). The lowest BCUT2D eigenvalue weighted by atomic mass is 10.0. The highest BCUT2D eigenvalue weighted by Crippen LogP contribution is 2.16. The minimum absolute atomic E-state index is 0.119. The van der Waals surface area contributed by atoms with Crippen LogP contribution in [0.5, 0.6) is 0 Å². The van der Waals surface area contributed by atoms with Crippen molar-refractivity contribution in [1.82, 2.24) is 0 Å². The summed E-state index contributed by atoms with van der Waals surface area (Å²) in [4.78, 5) is 24.3. The summed E-state index contributed by atoms with van der Waals surface area (Å²) in [5.74, 6) is -1.34. The molecular weight excluding hydrogens is 564 g/mol. The van der Waals surface area contributed by atoms with E-state index in [1.807, 2.05) is 0 Å². The Hall–Kier alpha value is -1.14. The number of carbonyl (C=O) groups excluding carboxylic acids is 2. The Labute approximate surface area is 279 Å². The van der Waals surface area contributed by atoms with E-state index in [0.29, 0.717) is 12.8 Å². The van der Waals surface area contributed by atoms with Crippen LogP contribution in [0.15, 0.2) is 0 Å². The first-order valence-corrected chi connectivity index (χ1v) is 19.7. The normalized spacial score (nSPS) is 13.4. The Morgan fingerprint density at radius 1 is 0.444 bits per heavy atom. The topological polar surface area (TPSA) is 93.1 Å². The van der Waals surface area contributed by atoms with Crippen molar-refractivity contribution in [2.45, 2.75) is 232 Å². The van der Waals surface area contributed by atoms with Gasteiger partial charge >= 0.3 is 11.9 Å². The Morgan fingerprint density at radius 3 is 1.02 bits per heavy atom. The number of ether oxygens (including phenoxy) is 2. The van der Waals surface area contributed by atoms with Gasteiger partial charge in [-0.05, 0) is 19.8 Å². The lowest BCUT2D eigenvalue weighted by Gasteiger charge is -2.17. The third-order valence-corrected chi connectivity index (χ3v) is 8.98. The van der Waals surface area contributed by atoms with Crippen LogP contribution in [0.1, 0.15) is 213 Å². The van der Waals surface area contributed by atoms with Gasteiger partial charge in [0.1, 0.15) is 12.7 Å². The molecule has 0 aliphatic rings. The molecule has 6 heteroatoms. The van der Waals surface area contributed by atoms with Crippen molar-refractivity contribution in [1.29, 1.82) is 0 Å². The van der Waals surface area contributed by atoms with E-state index in [1.54, 1.807) is 6.92 Å². The molecular formula is C39H76O6. The standard InChI is InChI=1S/C39H76O6/c1-4-6-8-10-12-14-16-18-20-22-24-26-28-30-32-36(40)38(42)44-34-35(3)45-39(43)37(41)33-31-29-27-25-23-21-19-17-15-13-11-9-7-5-2/h35-37,40-41H,4-34H2,1-3H3. The number of rotatable bonds is 35. The van der Waals surface area contributed by atoms with Crippen molar-refractivity contribution >= 4 is 11.9 Å². The number of carbonyl (C=O) groups is 2. The van der Waals surface area contributed by atoms with E-state index < -0.39 is 30.3 Å². The highest BCUT2D eigenvalue weighted by atomic mass is 16.6. The summed E-state index contributed by atoms with van der Waals surface area (Å²) < 4.78 is 10.4. The summed E-state index contributed by atoms with van der Waals surface area (Å²) >= 11 is 0. The highest BCUT2D eigenvalue weighted by molar-refractivity contribution is 5.75. The summed E-state index contributed by atoms with van der Waals surface area (Å²) in [6.45, 7) is 6.03. The van der Waals surface area contributed by atoms with E-state index in [-0.39, 0.29) is 6.61 Å². The molecule has 0 saturated heterocycles. The molecule has 6 nitrogen and oxygen atoms in total. The summed E-state index contributed by atoms with van der Waals surface area (Å²) in [6, 6.07) is 0. The summed E-state index contributed by atoms with van der Waals surface area (Å²) in [6.07, 6.45) is 33.1. The maximum absolute atomic E-state index is 12.2. The van der Waals surface area contributed by atoms with E-state index >= 15 is 0 Å². The molecule has 0 aliphatic heterocycles. The molecule has 2 N–H and O–H groups in total. The van der Waals surface area contributed by atoms with Crippen molar-refractivity contribution in [2.75, 3.05) is 6.61 Å². The van der Waals surface area contributed by atoms with Gasteiger partial charge in [-0.3, -0.25) is 0 Å². The van der Waals surface area contributed by atoms with Crippen molar-refractivity contribution in [3.8, 4) is 0 Å². The monoisotopic (exact) mass is 641 g/mol. The molecule has 0 fully saturated rings. The quantitative estimate of drug-likeness (QED) is 0.0529. The van der Waals surface area contributed by atoms with Crippen LogP contribution in [0.25, 0.3) is 0 Å². The van der Waals surface area contributed by atoms with Crippen molar-refractivity contribution < 1.29 is 29.3 Å². The number of esters is 2. The smallest absolute Gasteiger partial charge is 0.335 e. The van der Waals surface area contributed by atoms with Crippen LogP contribution in [-0.4, -0.2) is 47.1 Å². The number of hydrogen-bond donors (Lipinski definition) is 2. The van der Waals surface area contributed by atoms with Gasteiger partial charge in [-0.2, -0.15) is 0 Å². The number of unbranched alkanes of at least 4 members (excludes halogenated alkanes) is 26. The van der Waals surface area contributed by atoms with Gasteiger partial charge in [-0.25, -0.2) is 9.59 Å². The first kappa shape index (κ1) is 43.9. The number of aliphatic hydroxyl groups excluding tert-OH is 2. The van der Waals surface area contributed by atoms with Crippen LogP contribution in [0.3, 0.4) is 0 Å². The van der Waals surface area contributed by atoms with Gasteiger partial charge in [0.25, 0.3) is 0 Å². The Kier molecular flexibility index (Phi) is 33.3. The predicted octanol–water partition coefficient (Wildman–Crippen LogP) is 10.9. The van der Waals surface area contributed by atoms with E-state index in [4.69, 9.17) is 9.47 Å². The molecule has 0 aromatic carbocycles. The fourth-order valence-corrected chi connectivity index (χ4v) is 5.91. The third-order valence-electron chi connectivity index (χ3n) is 8.98. The number of aliphatic hydroxyl groups is 2. The zero-order chi connectivity index (χ0) is 33.2. The number of hydrogen-bond acceptors (Lipinski definition) is 6. The van der Waals surface area contributed by atoms with Gasteiger partial charge < -0.3 is 19.7 Å². The van der Waals surface area contributed by atoms with Crippen LogP contribution >= 0.6 is 0 Å². The van der Waals surface area contributed by atoms with Gasteiger partial charge in [-0.15, -0.1) is 0 Å². The van der Waals surface area contributed by atoms with E-state index in [1.165, 1.54) is 141 Å². The largest absolute Gasteiger partial charge is 0.460 e. The molecule has 0 aliphatic carbocycles. The fraction of sp³-hybridized carbons (Fsp3) is 0.949. The molecule has 45 heavy (non-hydrogen) atoms. The first-order chi connectivity index (χ1) is 21.9. The lowest BCUT2D eigenvalue weighted by Crippen LogP contribution is -2.31. The minimum Gasteiger partial charge on any atom is -0.460 e. The molecule has 0 bridgehead atoms. The molecule has 0 radical (unpaired) electrons. The van der Waals surface area contributed by atoms with Gasteiger partial charge in [0.2, 0.25) is 0 Å². The van der Waals surface area contributed by atoms with Crippen LogP contribution in [0, 0.1) is 0 Å². The van der Waals surface area contributed by atoms with Crippen molar-refractivity contribution in [3.05, 3.63) is 0 Å². The molecule has 268 valence electrons. The van der Waals surface area contributed by atoms with E-state index in [2.05, 4.69) is 13.8 Å². The van der Waals surface area contributed by atoms with Crippen LogP contribution in [0.2, 0.25) is 0 Å². The van der Waals surface area contributed by atoms with E-state index in [0.717, 1.165) is 38.5 Å². The molecule has 3 unspecified atom stereocenters. The fourth-order valence-electron chi connectivity index (χ4n) is 5.91. The van der Waals surface area contributed by atoms with Crippen LogP contribution < -0.4 is 0 Å². The van der Waals surface area contributed by atoms with Crippen LogP contribution in [-0.2, 0) is 19.1 Å². The Bertz CT molecular complexity index is 639. The molecule has 0 heterocycles. The maximum atomic E-state index is 12.2. The summed E-state index contributed by atoms with van der Waals surface area (Å²) in [7, 11) is 0. The zero-order valence-electron chi connectivity index (χ0n) is 30.2. The predicted molar refractivity (Wildman–Crippen MR) is 188 cm³/mol. The average molecular weight is 641 g/mol. The second-order valence-electron chi connectivity index (χ2n) is 13.7. The van der Waals surface area contributed by atoms with Gasteiger partial charge in [0.05, 0.1) is 0 Å². The zero-order valence-corrected chi connectivity index (χ0v) is 30.2. The first-order valence-electron chi connectivity index (χ1n) is 19.7. The molecule has 0 spiro atoms. The molecule has 3 atom stereocenters. The molecule has 0 amide bonds. The second kappa shape index (κ2) is 34.2.